The molecule has 2 aromatic carbocycles. The minimum atomic E-state index is -3.65. The molecule has 2 rings (SSSR count). The molecule has 0 aliphatic carbocycles. The van der Waals surface area contributed by atoms with Crippen LogP contribution in [0, 0.1) is 20.8 Å². The van der Waals surface area contributed by atoms with Gasteiger partial charge in [0.25, 0.3) is 5.91 Å². The van der Waals surface area contributed by atoms with Crippen LogP contribution in [0.4, 0.5) is 5.69 Å². The normalized spacial score (nSPS) is 11.5. The zero-order valence-corrected chi connectivity index (χ0v) is 17.5. The van der Waals surface area contributed by atoms with E-state index in [2.05, 4.69) is 10.5 Å². The van der Waals surface area contributed by atoms with E-state index in [0.29, 0.717) is 11.4 Å². The van der Waals surface area contributed by atoms with Crippen molar-refractivity contribution in [1.82, 2.24) is 5.43 Å². The highest BCUT2D eigenvalue weighted by Crippen LogP contribution is 2.21. The van der Waals surface area contributed by atoms with Gasteiger partial charge in [-0.25, -0.2) is 13.8 Å². The van der Waals surface area contributed by atoms with Gasteiger partial charge in [-0.3, -0.25) is 9.10 Å². The number of carbonyl (C=O) groups is 1. The highest BCUT2D eigenvalue weighted by molar-refractivity contribution is 7.92. The molecule has 0 aromatic heterocycles. The van der Waals surface area contributed by atoms with Crippen LogP contribution in [0.25, 0.3) is 0 Å². The number of sulfonamides is 1. The Labute approximate surface area is 166 Å². The fraction of sp³-hybridized carbons (Fsp3) is 0.300. The maximum absolute atomic E-state index is 12.2. The SMILES string of the molecule is COc1ccc(N(CC(=O)N/N=C\c2ccc(C)c(C)c2C)S(C)(=O)=O)cc1. The molecular weight excluding hydrogens is 378 g/mol. The van der Waals surface area contributed by atoms with Crippen molar-refractivity contribution >= 4 is 27.8 Å². The Morgan fingerprint density at radius 1 is 1.11 bits per heavy atom. The third-order valence-corrected chi connectivity index (χ3v) is 5.68. The van der Waals surface area contributed by atoms with E-state index in [1.165, 1.54) is 12.7 Å². The number of hydrogen-bond acceptors (Lipinski definition) is 5. The Bertz CT molecular complexity index is 983. The van der Waals surface area contributed by atoms with Gasteiger partial charge in [0.05, 0.1) is 25.3 Å². The number of nitrogens with zero attached hydrogens (tertiary/aromatic N) is 2. The van der Waals surface area contributed by atoms with Crippen LogP contribution in [-0.4, -0.2) is 40.4 Å². The van der Waals surface area contributed by atoms with Crippen LogP contribution in [0.1, 0.15) is 22.3 Å². The Hall–Kier alpha value is -2.87. The topological polar surface area (TPSA) is 88.1 Å². The molecule has 0 aliphatic heterocycles. The number of hydrazone groups is 1. The fourth-order valence-electron chi connectivity index (χ4n) is 2.61. The largest absolute Gasteiger partial charge is 0.497 e. The molecule has 2 aromatic rings. The summed E-state index contributed by atoms with van der Waals surface area (Å²) in [7, 11) is -2.13. The second-order valence-corrected chi connectivity index (χ2v) is 8.39. The van der Waals surface area contributed by atoms with Gasteiger partial charge in [-0.15, -0.1) is 0 Å². The van der Waals surface area contributed by atoms with Crippen molar-refractivity contribution in [2.45, 2.75) is 20.8 Å². The van der Waals surface area contributed by atoms with Crippen LogP contribution in [0.3, 0.4) is 0 Å². The van der Waals surface area contributed by atoms with Crippen LogP contribution < -0.4 is 14.5 Å². The van der Waals surface area contributed by atoms with Gasteiger partial charge >= 0.3 is 0 Å². The maximum Gasteiger partial charge on any atom is 0.260 e. The van der Waals surface area contributed by atoms with E-state index in [4.69, 9.17) is 4.74 Å². The molecule has 1 N–H and O–H groups in total. The highest BCUT2D eigenvalue weighted by Gasteiger charge is 2.20. The van der Waals surface area contributed by atoms with E-state index in [9.17, 15) is 13.2 Å². The summed E-state index contributed by atoms with van der Waals surface area (Å²) in [4.78, 5) is 12.2. The van der Waals surface area contributed by atoms with Gasteiger partial charge in [0.2, 0.25) is 10.0 Å². The van der Waals surface area contributed by atoms with Crippen molar-refractivity contribution < 1.29 is 17.9 Å². The fourth-order valence-corrected chi connectivity index (χ4v) is 3.46. The summed E-state index contributed by atoms with van der Waals surface area (Å²) in [6, 6.07) is 10.3. The van der Waals surface area contributed by atoms with Crippen LogP contribution in [0.15, 0.2) is 41.5 Å². The Morgan fingerprint density at radius 2 is 1.75 bits per heavy atom. The summed E-state index contributed by atoms with van der Waals surface area (Å²) >= 11 is 0. The van der Waals surface area contributed by atoms with E-state index in [1.807, 2.05) is 32.9 Å². The van der Waals surface area contributed by atoms with Crippen molar-refractivity contribution in [3.8, 4) is 5.75 Å². The number of methoxy groups -OCH3 is 1. The first-order valence-electron chi connectivity index (χ1n) is 8.64. The van der Waals surface area contributed by atoms with Crippen molar-refractivity contribution in [3.05, 3.63) is 58.7 Å². The number of ether oxygens (including phenoxy) is 1. The molecule has 0 spiro atoms. The predicted molar refractivity (Wildman–Crippen MR) is 112 cm³/mol. The Balaban J connectivity index is 2.11. The van der Waals surface area contributed by atoms with Crippen LogP contribution in [-0.2, 0) is 14.8 Å². The number of hydrogen-bond donors (Lipinski definition) is 1. The molecule has 150 valence electrons. The molecule has 0 aliphatic rings. The lowest BCUT2D eigenvalue weighted by atomic mass is 10.00. The standard InChI is InChI=1S/C20H25N3O4S/c1-14-6-7-17(16(3)15(14)2)12-21-22-20(24)13-23(28(5,25)26)18-8-10-19(27-4)11-9-18/h6-12H,13H2,1-5H3,(H,22,24)/b21-12-. The van der Waals surface area contributed by atoms with Crippen molar-refractivity contribution in [1.29, 1.82) is 0 Å². The summed E-state index contributed by atoms with van der Waals surface area (Å²) in [6.07, 6.45) is 2.60. The first-order valence-corrected chi connectivity index (χ1v) is 10.5. The molecule has 7 nitrogen and oxygen atoms in total. The molecule has 28 heavy (non-hydrogen) atoms. The number of aryl methyl sites for hydroxylation is 1. The average Bonchev–Trinajstić information content (AvgIpc) is 2.65. The highest BCUT2D eigenvalue weighted by atomic mass is 32.2. The Kier molecular flexibility index (Phi) is 6.80. The molecule has 0 atom stereocenters. The lowest BCUT2D eigenvalue weighted by Crippen LogP contribution is -2.39. The smallest absolute Gasteiger partial charge is 0.260 e. The number of anilines is 1. The summed E-state index contributed by atoms with van der Waals surface area (Å²) in [5.41, 5.74) is 7.07. The van der Waals surface area contributed by atoms with Crippen molar-refractivity contribution in [2.75, 3.05) is 24.2 Å². The van der Waals surface area contributed by atoms with Crippen LogP contribution in [0.2, 0.25) is 0 Å². The van der Waals surface area contributed by atoms with E-state index < -0.39 is 15.9 Å². The Morgan fingerprint density at radius 3 is 2.32 bits per heavy atom. The van der Waals surface area contributed by atoms with Crippen LogP contribution >= 0.6 is 0 Å². The monoisotopic (exact) mass is 403 g/mol. The second kappa shape index (κ2) is 8.88. The summed E-state index contributed by atoms with van der Waals surface area (Å²) < 4.78 is 30.3. The molecule has 0 unspecified atom stereocenters. The third-order valence-electron chi connectivity index (χ3n) is 4.54. The molecule has 0 bridgehead atoms. The van der Waals surface area contributed by atoms with Gasteiger partial charge in [-0.1, -0.05) is 12.1 Å². The molecule has 0 saturated carbocycles. The molecule has 1 amide bonds. The quantitative estimate of drug-likeness (QED) is 0.568. The summed E-state index contributed by atoms with van der Waals surface area (Å²) in [5, 5.41) is 3.96. The molecule has 0 saturated heterocycles. The number of benzene rings is 2. The minimum Gasteiger partial charge on any atom is -0.497 e. The van der Waals surface area contributed by atoms with Gasteiger partial charge in [-0.05, 0) is 67.3 Å². The zero-order valence-electron chi connectivity index (χ0n) is 16.7. The molecule has 0 heterocycles. The lowest BCUT2D eigenvalue weighted by molar-refractivity contribution is -0.119. The summed E-state index contributed by atoms with van der Waals surface area (Å²) in [5.74, 6) is 0.0500. The van der Waals surface area contributed by atoms with E-state index in [1.54, 1.807) is 30.5 Å². The molecule has 0 fully saturated rings. The summed E-state index contributed by atoms with van der Waals surface area (Å²) in [6.45, 7) is 5.67. The number of amides is 1. The maximum atomic E-state index is 12.2. The van der Waals surface area contributed by atoms with E-state index >= 15 is 0 Å². The third kappa shape index (κ3) is 5.32. The zero-order chi connectivity index (χ0) is 20.9. The lowest BCUT2D eigenvalue weighted by Gasteiger charge is -2.21. The van der Waals surface area contributed by atoms with Gasteiger partial charge in [0.15, 0.2) is 0 Å². The first kappa shape index (κ1) is 21.4. The van der Waals surface area contributed by atoms with Gasteiger partial charge in [0, 0.05) is 0 Å². The minimum absolute atomic E-state index is 0.368. The predicted octanol–water partition coefficient (Wildman–Crippen LogP) is 2.54. The number of nitrogens with one attached hydrogen (secondary N) is 1. The van der Waals surface area contributed by atoms with Gasteiger partial charge in [-0.2, -0.15) is 5.10 Å². The van der Waals surface area contributed by atoms with Crippen molar-refractivity contribution in [3.63, 3.8) is 0 Å². The van der Waals surface area contributed by atoms with Crippen molar-refractivity contribution in [2.24, 2.45) is 5.10 Å². The second-order valence-electron chi connectivity index (χ2n) is 6.48. The molecule has 0 radical (unpaired) electrons. The van der Waals surface area contributed by atoms with E-state index in [0.717, 1.165) is 27.3 Å². The first-order chi connectivity index (χ1) is 13.1. The van der Waals surface area contributed by atoms with E-state index in [-0.39, 0.29) is 6.54 Å². The molecule has 8 heteroatoms. The average molecular weight is 404 g/mol. The van der Waals surface area contributed by atoms with Gasteiger partial charge in [0.1, 0.15) is 12.3 Å². The number of carbonyl (C=O) groups excluding carboxylic acids is 1. The van der Waals surface area contributed by atoms with Gasteiger partial charge < -0.3 is 4.74 Å². The number of rotatable bonds is 7. The van der Waals surface area contributed by atoms with Crippen LogP contribution in [0.5, 0.6) is 5.75 Å². The molecular formula is C20H25N3O4S.